The zero-order valence-electron chi connectivity index (χ0n) is 18.0. The molecule has 0 N–H and O–H groups in total. The van der Waals surface area contributed by atoms with Crippen molar-refractivity contribution in [2.45, 2.75) is 76.6 Å². The highest BCUT2D eigenvalue weighted by molar-refractivity contribution is 8.23. The van der Waals surface area contributed by atoms with Gasteiger partial charge >= 0.3 is 0 Å². The van der Waals surface area contributed by atoms with Gasteiger partial charge in [0.25, 0.3) is 0 Å². The number of rotatable bonds is 4. The van der Waals surface area contributed by atoms with E-state index >= 15 is 0 Å². The molecule has 0 saturated heterocycles. The molecule has 0 fully saturated rings. The molecule has 0 unspecified atom stereocenters. The molecule has 2 nitrogen and oxygen atoms in total. The molecule has 5 heteroatoms. The van der Waals surface area contributed by atoms with Crippen molar-refractivity contribution in [3.05, 3.63) is 40.6 Å². The third kappa shape index (κ3) is 7.65. The van der Waals surface area contributed by atoms with E-state index in [-0.39, 0.29) is 14.2 Å². The van der Waals surface area contributed by atoms with Crippen LogP contribution < -0.4 is 0 Å². The fraction of sp³-hybridized carbons (Fsp3) is 0.545. The third-order valence-corrected chi connectivity index (χ3v) is 6.48. The molecule has 2 heterocycles. The maximum atomic E-state index is 4.61. The SMILES string of the molecule is CC(C)(C)SC(=C=C(SC(C)(C)C)n1ccc2cccnc21)SC(C)(C)C. The Morgan fingerprint density at radius 1 is 0.852 bits per heavy atom. The van der Waals surface area contributed by atoms with E-state index in [1.165, 1.54) is 4.24 Å². The Balaban J connectivity index is 2.69. The highest BCUT2D eigenvalue weighted by Crippen LogP contribution is 2.45. The number of fused-ring (bicyclic) bond motifs is 1. The van der Waals surface area contributed by atoms with E-state index in [0.29, 0.717) is 0 Å². The molecule has 2 rings (SSSR count). The first-order valence-electron chi connectivity index (χ1n) is 9.24. The summed E-state index contributed by atoms with van der Waals surface area (Å²) in [6.45, 7) is 20.3. The molecule has 0 spiro atoms. The standard InChI is InChI=1S/C22H32N2S3/c1-20(2,3)25-17(24-14-12-16-11-10-13-23-19(16)24)15-18(26-21(4,5)6)27-22(7,8)9/h10-14H,1-9H3. The number of thioether (sulfide) groups is 3. The predicted octanol–water partition coefficient (Wildman–Crippen LogP) is 7.87. The van der Waals surface area contributed by atoms with Crippen molar-refractivity contribution in [3.8, 4) is 0 Å². The van der Waals surface area contributed by atoms with Crippen LogP contribution in [0.25, 0.3) is 16.1 Å². The smallest absolute Gasteiger partial charge is 0.145 e. The zero-order valence-corrected chi connectivity index (χ0v) is 20.5. The summed E-state index contributed by atoms with van der Waals surface area (Å²) >= 11 is 5.61. The van der Waals surface area contributed by atoms with Crippen LogP contribution in [0.5, 0.6) is 0 Å². The molecule has 0 bridgehead atoms. The minimum Gasteiger partial charge on any atom is -0.289 e. The average molecular weight is 421 g/mol. The Kier molecular flexibility index (Phi) is 6.95. The number of hydrogen-bond donors (Lipinski definition) is 0. The predicted molar refractivity (Wildman–Crippen MR) is 128 cm³/mol. The quantitative estimate of drug-likeness (QED) is 0.468. The van der Waals surface area contributed by atoms with Crippen LogP contribution in [-0.4, -0.2) is 23.8 Å². The van der Waals surface area contributed by atoms with Crippen molar-refractivity contribution in [2.75, 3.05) is 0 Å². The largest absolute Gasteiger partial charge is 0.289 e. The van der Waals surface area contributed by atoms with Crippen LogP contribution in [0.1, 0.15) is 62.3 Å². The van der Waals surface area contributed by atoms with Crippen LogP contribution in [-0.2, 0) is 0 Å². The van der Waals surface area contributed by atoms with E-state index in [0.717, 1.165) is 16.1 Å². The van der Waals surface area contributed by atoms with Gasteiger partial charge in [-0.05, 0) is 18.2 Å². The molecule has 0 atom stereocenters. The Morgan fingerprint density at radius 2 is 1.41 bits per heavy atom. The van der Waals surface area contributed by atoms with Gasteiger partial charge < -0.3 is 0 Å². The van der Waals surface area contributed by atoms with E-state index in [1.807, 2.05) is 47.5 Å². The van der Waals surface area contributed by atoms with Gasteiger partial charge in [-0.1, -0.05) is 79.8 Å². The second kappa shape index (κ2) is 8.32. The zero-order chi connectivity index (χ0) is 20.5. The Bertz CT molecular complexity index is 834. The fourth-order valence-electron chi connectivity index (χ4n) is 2.27. The molecule has 148 valence electrons. The Labute approximate surface area is 177 Å². The highest BCUT2D eigenvalue weighted by Gasteiger charge is 2.22. The molecule has 27 heavy (non-hydrogen) atoms. The molecular weight excluding hydrogens is 388 g/mol. The summed E-state index contributed by atoms with van der Waals surface area (Å²) in [7, 11) is 0. The van der Waals surface area contributed by atoms with E-state index in [9.17, 15) is 0 Å². The highest BCUT2D eigenvalue weighted by atomic mass is 32.2. The summed E-state index contributed by atoms with van der Waals surface area (Å²) in [5.41, 5.74) is 4.75. The minimum absolute atomic E-state index is 0.0810. The third-order valence-electron chi connectivity index (χ3n) is 3.08. The normalized spacial score (nSPS) is 12.9. The van der Waals surface area contributed by atoms with Crippen LogP contribution in [0.4, 0.5) is 0 Å². The van der Waals surface area contributed by atoms with Gasteiger partial charge in [-0.3, -0.25) is 4.57 Å². The van der Waals surface area contributed by atoms with Crippen molar-refractivity contribution < 1.29 is 0 Å². The minimum atomic E-state index is 0.0810. The summed E-state index contributed by atoms with van der Waals surface area (Å²) in [6.07, 6.45) is 3.97. The number of nitrogens with zero attached hydrogens (tertiary/aromatic N) is 2. The number of aromatic nitrogens is 2. The van der Waals surface area contributed by atoms with E-state index in [1.54, 1.807) is 0 Å². The van der Waals surface area contributed by atoms with Crippen molar-refractivity contribution in [3.63, 3.8) is 0 Å². The van der Waals surface area contributed by atoms with Gasteiger partial charge in [0.1, 0.15) is 10.7 Å². The second-order valence-corrected chi connectivity index (χ2v) is 15.2. The molecule has 2 aromatic rings. The van der Waals surface area contributed by atoms with E-state index in [4.69, 9.17) is 0 Å². The number of pyridine rings is 1. The van der Waals surface area contributed by atoms with Crippen molar-refractivity contribution in [1.29, 1.82) is 0 Å². The average Bonchev–Trinajstić information content (AvgIpc) is 2.85. The lowest BCUT2D eigenvalue weighted by atomic mass is 10.3. The fourth-order valence-corrected chi connectivity index (χ4v) is 6.45. The van der Waals surface area contributed by atoms with Gasteiger partial charge in [0.05, 0.1) is 4.24 Å². The maximum absolute atomic E-state index is 4.61. The van der Waals surface area contributed by atoms with Crippen LogP contribution in [0.3, 0.4) is 0 Å². The van der Waals surface area contributed by atoms with Crippen LogP contribution in [0.15, 0.2) is 40.6 Å². The molecular formula is C22H32N2S3. The van der Waals surface area contributed by atoms with Crippen LogP contribution >= 0.6 is 35.3 Å². The lowest BCUT2D eigenvalue weighted by Gasteiger charge is -2.24. The van der Waals surface area contributed by atoms with Gasteiger partial charge in [-0.15, -0.1) is 23.5 Å². The summed E-state index contributed by atoms with van der Waals surface area (Å²) < 4.78 is 3.75. The maximum Gasteiger partial charge on any atom is 0.145 e. The molecule has 0 aliphatic carbocycles. The summed E-state index contributed by atoms with van der Waals surface area (Å²) in [5.74, 6) is 0. The molecule has 0 radical (unpaired) electrons. The first kappa shape index (κ1) is 22.5. The lowest BCUT2D eigenvalue weighted by molar-refractivity contribution is 0.803. The Hall–Kier alpha value is -0.740. The Morgan fingerprint density at radius 3 is 1.93 bits per heavy atom. The van der Waals surface area contributed by atoms with E-state index < -0.39 is 0 Å². The first-order valence-corrected chi connectivity index (χ1v) is 11.7. The van der Waals surface area contributed by atoms with E-state index in [2.05, 4.69) is 95.9 Å². The topological polar surface area (TPSA) is 17.8 Å². The second-order valence-electron chi connectivity index (χ2n) is 9.46. The van der Waals surface area contributed by atoms with Gasteiger partial charge in [0.2, 0.25) is 0 Å². The van der Waals surface area contributed by atoms with Crippen molar-refractivity contribution in [1.82, 2.24) is 9.55 Å². The summed E-state index contributed by atoms with van der Waals surface area (Å²) in [6, 6.07) is 6.22. The van der Waals surface area contributed by atoms with Crippen molar-refractivity contribution >= 4 is 51.3 Å². The number of hydrogen-bond acceptors (Lipinski definition) is 4. The lowest BCUT2D eigenvalue weighted by Crippen LogP contribution is -2.12. The van der Waals surface area contributed by atoms with Crippen LogP contribution in [0, 0.1) is 0 Å². The van der Waals surface area contributed by atoms with Gasteiger partial charge in [0.15, 0.2) is 0 Å². The molecule has 0 aromatic carbocycles. The molecule has 0 aliphatic heterocycles. The summed E-state index contributed by atoms with van der Waals surface area (Å²) in [4.78, 5) is 4.61. The summed E-state index contributed by atoms with van der Waals surface area (Å²) in [5, 5.41) is 2.25. The van der Waals surface area contributed by atoms with Gasteiger partial charge in [-0.2, -0.15) is 0 Å². The molecule has 0 saturated carbocycles. The van der Waals surface area contributed by atoms with Gasteiger partial charge in [0, 0.05) is 32.0 Å². The van der Waals surface area contributed by atoms with Crippen LogP contribution in [0.2, 0.25) is 0 Å². The molecule has 0 amide bonds. The molecule has 0 aliphatic rings. The monoisotopic (exact) mass is 420 g/mol. The van der Waals surface area contributed by atoms with Crippen molar-refractivity contribution in [2.24, 2.45) is 0 Å². The van der Waals surface area contributed by atoms with Gasteiger partial charge in [-0.25, -0.2) is 4.98 Å². The molecule has 2 aromatic heterocycles. The first-order chi connectivity index (χ1) is 12.2.